The van der Waals surface area contributed by atoms with Crippen LogP contribution in [0.5, 0.6) is 0 Å². The first-order chi connectivity index (χ1) is 6.27. The Labute approximate surface area is 77.9 Å². The van der Waals surface area contributed by atoms with Crippen LogP contribution < -0.4 is 0 Å². The van der Waals surface area contributed by atoms with Crippen molar-refractivity contribution in [2.75, 3.05) is 0 Å². The molecule has 0 bridgehead atoms. The van der Waals surface area contributed by atoms with Gasteiger partial charge in [-0.25, -0.2) is 4.98 Å². The number of benzene rings is 1. The zero-order valence-corrected chi connectivity index (χ0v) is 7.86. The van der Waals surface area contributed by atoms with E-state index < -0.39 is 0 Å². The summed E-state index contributed by atoms with van der Waals surface area (Å²) in [6, 6.07) is 8.39. The summed E-state index contributed by atoms with van der Waals surface area (Å²) in [6.45, 7) is 4.10. The van der Waals surface area contributed by atoms with Crippen molar-refractivity contribution in [3.05, 3.63) is 48.0 Å². The van der Waals surface area contributed by atoms with Crippen molar-refractivity contribution >= 4 is 0 Å². The molecule has 0 radical (unpaired) electrons. The van der Waals surface area contributed by atoms with Gasteiger partial charge in [0.15, 0.2) is 0 Å². The normalized spacial score (nSPS) is 10.3. The van der Waals surface area contributed by atoms with Crippen LogP contribution >= 0.6 is 0 Å². The minimum atomic E-state index is 1.02. The molecule has 0 aliphatic heterocycles. The molecule has 1 aromatic carbocycles. The minimum absolute atomic E-state index is 1.02. The number of hydrogen-bond acceptors (Lipinski definition) is 1. The number of aromatic nitrogens is 2. The second-order valence-electron chi connectivity index (χ2n) is 3.18. The lowest BCUT2D eigenvalue weighted by molar-refractivity contribution is 0.973. The average Bonchev–Trinajstić information content (AvgIpc) is 2.51. The van der Waals surface area contributed by atoms with Crippen LogP contribution in [0, 0.1) is 13.8 Å². The van der Waals surface area contributed by atoms with Crippen LogP contribution in [-0.2, 0) is 0 Å². The lowest BCUT2D eigenvalue weighted by atomic mass is 10.2. The number of nitrogens with zero attached hydrogens (tertiary/aromatic N) is 2. The monoisotopic (exact) mass is 172 g/mol. The second-order valence-corrected chi connectivity index (χ2v) is 3.18. The minimum Gasteiger partial charge on any atom is -0.304 e. The maximum Gasteiger partial charge on any atom is 0.110 e. The predicted octanol–water partition coefficient (Wildman–Crippen LogP) is 2.49. The number of aryl methyl sites for hydroxylation is 2. The highest BCUT2D eigenvalue weighted by molar-refractivity contribution is 5.36. The Morgan fingerprint density at radius 2 is 2.08 bits per heavy atom. The van der Waals surface area contributed by atoms with Crippen LogP contribution in [0.15, 0.2) is 36.7 Å². The van der Waals surface area contributed by atoms with Crippen molar-refractivity contribution in [3.63, 3.8) is 0 Å². The van der Waals surface area contributed by atoms with E-state index in [0.717, 1.165) is 5.82 Å². The molecule has 2 heteroatoms. The lowest BCUT2D eigenvalue weighted by Crippen LogP contribution is -1.95. The van der Waals surface area contributed by atoms with Crippen molar-refractivity contribution in [2.45, 2.75) is 13.8 Å². The Morgan fingerprint density at radius 3 is 2.69 bits per heavy atom. The molecule has 66 valence electrons. The molecule has 2 rings (SSSR count). The van der Waals surface area contributed by atoms with Crippen LogP contribution in [0.25, 0.3) is 5.69 Å². The fraction of sp³-hybridized carbons (Fsp3) is 0.182. The van der Waals surface area contributed by atoms with Gasteiger partial charge in [0.25, 0.3) is 0 Å². The van der Waals surface area contributed by atoms with Crippen LogP contribution in [0.4, 0.5) is 0 Å². The highest BCUT2D eigenvalue weighted by Crippen LogP contribution is 2.11. The van der Waals surface area contributed by atoms with Gasteiger partial charge >= 0.3 is 0 Å². The van der Waals surface area contributed by atoms with Gasteiger partial charge in [0.2, 0.25) is 0 Å². The Balaban J connectivity index is 2.53. The van der Waals surface area contributed by atoms with Crippen molar-refractivity contribution in [1.29, 1.82) is 0 Å². The molecule has 0 N–H and O–H groups in total. The first-order valence-corrected chi connectivity index (χ1v) is 4.34. The SMILES string of the molecule is Cc1cccc(-n2ccnc2C)c1. The molecule has 0 unspecified atom stereocenters. The Hall–Kier alpha value is -1.57. The van der Waals surface area contributed by atoms with Gasteiger partial charge in [-0.05, 0) is 31.5 Å². The van der Waals surface area contributed by atoms with E-state index in [0.29, 0.717) is 0 Å². The molecule has 0 aliphatic carbocycles. The average molecular weight is 172 g/mol. The summed E-state index contributed by atoms with van der Waals surface area (Å²) in [7, 11) is 0. The third-order valence-electron chi connectivity index (χ3n) is 2.11. The molecule has 2 aromatic rings. The van der Waals surface area contributed by atoms with Gasteiger partial charge < -0.3 is 4.57 Å². The van der Waals surface area contributed by atoms with E-state index in [9.17, 15) is 0 Å². The Bertz CT molecular complexity index is 416. The quantitative estimate of drug-likeness (QED) is 0.646. The summed E-state index contributed by atoms with van der Waals surface area (Å²) in [5.74, 6) is 1.02. The van der Waals surface area contributed by atoms with E-state index in [-0.39, 0.29) is 0 Å². The summed E-state index contributed by atoms with van der Waals surface area (Å²) in [6.07, 6.45) is 3.79. The third-order valence-corrected chi connectivity index (χ3v) is 2.11. The lowest BCUT2D eigenvalue weighted by Gasteiger charge is -2.04. The van der Waals surface area contributed by atoms with Crippen LogP contribution in [-0.4, -0.2) is 9.55 Å². The van der Waals surface area contributed by atoms with E-state index in [1.54, 1.807) is 0 Å². The zero-order valence-electron chi connectivity index (χ0n) is 7.86. The molecule has 0 aliphatic rings. The van der Waals surface area contributed by atoms with Crippen molar-refractivity contribution in [3.8, 4) is 5.69 Å². The summed E-state index contributed by atoms with van der Waals surface area (Å²) >= 11 is 0. The molecule has 13 heavy (non-hydrogen) atoms. The number of hydrogen-bond donors (Lipinski definition) is 0. The van der Waals surface area contributed by atoms with Gasteiger partial charge in [0, 0.05) is 18.1 Å². The molecule has 0 atom stereocenters. The van der Waals surface area contributed by atoms with E-state index in [4.69, 9.17) is 0 Å². The third kappa shape index (κ3) is 1.47. The molecule has 1 heterocycles. The topological polar surface area (TPSA) is 17.8 Å². The molecular formula is C11H12N2. The first-order valence-electron chi connectivity index (χ1n) is 4.34. The molecule has 1 aromatic heterocycles. The molecule has 2 nitrogen and oxygen atoms in total. The van der Waals surface area contributed by atoms with Gasteiger partial charge in [-0.1, -0.05) is 12.1 Å². The maximum absolute atomic E-state index is 4.19. The molecule has 0 saturated carbocycles. The van der Waals surface area contributed by atoms with Gasteiger partial charge in [0.1, 0.15) is 5.82 Å². The first kappa shape index (κ1) is 8.05. The highest BCUT2D eigenvalue weighted by Gasteiger charge is 1.98. The molecule has 0 saturated heterocycles. The molecule has 0 amide bonds. The van der Waals surface area contributed by atoms with Crippen LogP contribution in [0.1, 0.15) is 11.4 Å². The standard InChI is InChI=1S/C11H12N2/c1-9-4-3-5-11(8-9)13-7-6-12-10(13)2/h3-8H,1-2H3. The smallest absolute Gasteiger partial charge is 0.110 e. The fourth-order valence-electron chi connectivity index (χ4n) is 1.43. The van der Waals surface area contributed by atoms with Gasteiger partial charge in [-0.3, -0.25) is 0 Å². The highest BCUT2D eigenvalue weighted by atomic mass is 15.1. The summed E-state index contributed by atoms with van der Waals surface area (Å²) in [4.78, 5) is 4.19. The van der Waals surface area contributed by atoms with Gasteiger partial charge in [-0.2, -0.15) is 0 Å². The maximum atomic E-state index is 4.19. The zero-order chi connectivity index (χ0) is 9.26. The summed E-state index contributed by atoms with van der Waals surface area (Å²) < 4.78 is 2.08. The number of imidazole rings is 1. The molecule has 0 spiro atoms. The van der Waals surface area contributed by atoms with Crippen molar-refractivity contribution in [2.24, 2.45) is 0 Å². The van der Waals surface area contributed by atoms with Gasteiger partial charge in [0.05, 0.1) is 0 Å². The Kier molecular flexibility index (Phi) is 1.89. The number of rotatable bonds is 1. The Morgan fingerprint density at radius 1 is 1.23 bits per heavy atom. The van der Waals surface area contributed by atoms with Crippen LogP contribution in [0.2, 0.25) is 0 Å². The van der Waals surface area contributed by atoms with Crippen LogP contribution in [0.3, 0.4) is 0 Å². The largest absolute Gasteiger partial charge is 0.304 e. The van der Waals surface area contributed by atoms with E-state index in [1.165, 1.54) is 11.3 Å². The van der Waals surface area contributed by atoms with E-state index in [2.05, 4.69) is 40.7 Å². The van der Waals surface area contributed by atoms with Gasteiger partial charge in [-0.15, -0.1) is 0 Å². The van der Waals surface area contributed by atoms with E-state index in [1.807, 2.05) is 19.3 Å². The molecule has 0 fully saturated rings. The second kappa shape index (κ2) is 3.05. The summed E-state index contributed by atoms with van der Waals surface area (Å²) in [5, 5.41) is 0. The molecular weight excluding hydrogens is 160 g/mol. The van der Waals surface area contributed by atoms with Crippen molar-refractivity contribution < 1.29 is 0 Å². The van der Waals surface area contributed by atoms with E-state index >= 15 is 0 Å². The predicted molar refractivity (Wildman–Crippen MR) is 53.0 cm³/mol. The fourth-order valence-corrected chi connectivity index (χ4v) is 1.43. The van der Waals surface area contributed by atoms with Crippen molar-refractivity contribution in [1.82, 2.24) is 9.55 Å². The summed E-state index contributed by atoms with van der Waals surface area (Å²) in [5.41, 5.74) is 2.45.